The minimum absolute atomic E-state index is 0.305. The number of carbonyl (C=O) groups is 3. The fourth-order valence-corrected chi connectivity index (χ4v) is 2.32. The number of aryl methyl sites for hydroxylation is 1. The molecule has 2 heterocycles. The van der Waals surface area contributed by atoms with Gasteiger partial charge >= 0.3 is 6.03 Å². The van der Waals surface area contributed by atoms with Crippen molar-refractivity contribution >= 4 is 17.8 Å². The summed E-state index contributed by atoms with van der Waals surface area (Å²) < 4.78 is 1.74. The van der Waals surface area contributed by atoms with Crippen molar-refractivity contribution in [3.05, 3.63) is 18.5 Å². The second-order valence-corrected chi connectivity index (χ2v) is 4.92. The van der Waals surface area contributed by atoms with Crippen LogP contribution in [-0.4, -0.2) is 39.1 Å². The van der Waals surface area contributed by atoms with Crippen molar-refractivity contribution in [3.63, 3.8) is 0 Å². The van der Waals surface area contributed by atoms with Gasteiger partial charge in [0.25, 0.3) is 0 Å². The zero-order chi connectivity index (χ0) is 13.5. The molecule has 1 saturated carbocycles. The third-order valence-electron chi connectivity index (χ3n) is 3.63. The van der Waals surface area contributed by atoms with Crippen molar-refractivity contribution in [2.45, 2.75) is 25.8 Å². The summed E-state index contributed by atoms with van der Waals surface area (Å²) in [7, 11) is 0. The van der Waals surface area contributed by atoms with E-state index in [1.165, 1.54) is 0 Å². The van der Waals surface area contributed by atoms with Gasteiger partial charge in [-0.1, -0.05) is 0 Å². The first-order chi connectivity index (χ1) is 9.13. The molecule has 1 spiro atoms. The first kappa shape index (κ1) is 11.9. The van der Waals surface area contributed by atoms with Gasteiger partial charge in [0.2, 0.25) is 11.8 Å². The van der Waals surface area contributed by atoms with Crippen molar-refractivity contribution in [1.82, 2.24) is 20.0 Å². The molecular weight excluding hydrogens is 248 g/mol. The highest BCUT2D eigenvalue weighted by Crippen LogP contribution is 2.48. The van der Waals surface area contributed by atoms with E-state index >= 15 is 0 Å². The molecule has 100 valence electrons. The van der Waals surface area contributed by atoms with E-state index < -0.39 is 17.4 Å². The molecule has 7 heteroatoms. The smallest absolute Gasteiger partial charge is 0.277 e. The normalized spacial score (nSPS) is 20.8. The lowest BCUT2D eigenvalue weighted by Gasteiger charge is -2.30. The summed E-state index contributed by atoms with van der Waals surface area (Å²) in [5.74, 6) is -0.785. The van der Waals surface area contributed by atoms with Crippen LogP contribution in [0.4, 0.5) is 4.79 Å². The number of hydrogen-bond acceptors (Lipinski definition) is 4. The SMILES string of the molecule is O=C1NC(=O)C2(CC2)C(=O)N1CCCn1cccn1. The predicted octanol–water partition coefficient (Wildman–Crippen LogP) is 0.132. The molecule has 7 nitrogen and oxygen atoms in total. The maximum Gasteiger partial charge on any atom is 0.330 e. The van der Waals surface area contributed by atoms with Gasteiger partial charge in [-0.3, -0.25) is 24.5 Å². The highest BCUT2D eigenvalue weighted by atomic mass is 16.2. The van der Waals surface area contributed by atoms with E-state index in [-0.39, 0.29) is 5.91 Å². The number of carbonyl (C=O) groups excluding carboxylic acids is 3. The van der Waals surface area contributed by atoms with Crippen LogP contribution in [0.25, 0.3) is 0 Å². The van der Waals surface area contributed by atoms with Crippen LogP contribution in [0.1, 0.15) is 19.3 Å². The summed E-state index contributed by atoms with van der Waals surface area (Å²) in [4.78, 5) is 36.6. The summed E-state index contributed by atoms with van der Waals surface area (Å²) in [6, 6.07) is 1.21. The summed E-state index contributed by atoms with van der Waals surface area (Å²) in [5, 5.41) is 6.31. The molecule has 1 aliphatic heterocycles. The number of imide groups is 2. The molecule has 0 unspecified atom stereocenters. The highest BCUT2D eigenvalue weighted by molar-refractivity contribution is 6.20. The van der Waals surface area contributed by atoms with Gasteiger partial charge < -0.3 is 0 Å². The van der Waals surface area contributed by atoms with Crippen molar-refractivity contribution in [2.75, 3.05) is 6.54 Å². The van der Waals surface area contributed by atoms with Gasteiger partial charge in [0.15, 0.2) is 0 Å². The lowest BCUT2D eigenvalue weighted by atomic mass is 10.0. The first-order valence-electron chi connectivity index (χ1n) is 6.28. The summed E-state index contributed by atoms with van der Waals surface area (Å²) in [6.07, 6.45) is 5.20. The van der Waals surface area contributed by atoms with Crippen LogP contribution in [-0.2, 0) is 16.1 Å². The van der Waals surface area contributed by atoms with E-state index in [0.717, 1.165) is 4.90 Å². The molecule has 1 aromatic rings. The predicted molar refractivity (Wildman–Crippen MR) is 63.8 cm³/mol. The van der Waals surface area contributed by atoms with Crippen LogP contribution in [0.15, 0.2) is 18.5 Å². The molecule has 0 radical (unpaired) electrons. The Morgan fingerprint density at radius 2 is 2.05 bits per heavy atom. The average molecular weight is 262 g/mol. The molecule has 1 aliphatic carbocycles. The third kappa shape index (κ3) is 1.91. The molecule has 2 fully saturated rings. The van der Waals surface area contributed by atoms with Gasteiger partial charge in [0.05, 0.1) is 0 Å². The van der Waals surface area contributed by atoms with Gasteiger partial charge in [-0.2, -0.15) is 5.10 Å². The highest BCUT2D eigenvalue weighted by Gasteiger charge is 2.61. The number of amides is 4. The average Bonchev–Trinajstić information content (AvgIpc) is 3.03. The van der Waals surface area contributed by atoms with E-state index in [1.54, 1.807) is 10.9 Å². The zero-order valence-corrected chi connectivity index (χ0v) is 10.3. The Kier molecular flexibility index (Phi) is 2.62. The van der Waals surface area contributed by atoms with E-state index in [0.29, 0.717) is 32.4 Å². The fourth-order valence-electron chi connectivity index (χ4n) is 2.32. The molecular formula is C12H14N4O3. The Labute approximate surface area is 109 Å². The molecule has 0 aromatic carbocycles. The maximum atomic E-state index is 12.1. The van der Waals surface area contributed by atoms with Crippen LogP contribution in [0, 0.1) is 5.41 Å². The lowest BCUT2D eigenvalue weighted by Crippen LogP contribution is -2.59. The Hall–Kier alpha value is -2.18. The van der Waals surface area contributed by atoms with Crippen LogP contribution >= 0.6 is 0 Å². The summed E-state index contributed by atoms with van der Waals surface area (Å²) >= 11 is 0. The first-order valence-corrected chi connectivity index (χ1v) is 6.28. The molecule has 0 atom stereocenters. The molecule has 2 aliphatic rings. The van der Waals surface area contributed by atoms with Crippen LogP contribution in [0.2, 0.25) is 0 Å². The second kappa shape index (κ2) is 4.18. The molecule has 1 saturated heterocycles. The Morgan fingerprint density at radius 1 is 1.26 bits per heavy atom. The number of urea groups is 1. The largest absolute Gasteiger partial charge is 0.330 e. The topological polar surface area (TPSA) is 84.3 Å². The second-order valence-electron chi connectivity index (χ2n) is 4.92. The van der Waals surface area contributed by atoms with E-state index in [2.05, 4.69) is 10.4 Å². The minimum atomic E-state index is -0.945. The van der Waals surface area contributed by atoms with Crippen LogP contribution in [0.5, 0.6) is 0 Å². The number of rotatable bonds is 4. The zero-order valence-electron chi connectivity index (χ0n) is 10.3. The van der Waals surface area contributed by atoms with Crippen molar-refractivity contribution < 1.29 is 14.4 Å². The van der Waals surface area contributed by atoms with E-state index in [9.17, 15) is 14.4 Å². The van der Waals surface area contributed by atoms with Crippen molar-refractivity contribution in [2.24, 2.45) is 5.41 Å². The quantitative estimate of drug-likeness (QED) is 0.782. The van der Waals surface area contributed by atoms with E-state index in [4.69, 9.17) is 0 Å². The van der Waals surface area contributed by atoms with Crippen molar-refractivity contribution in [1.29, 1.82) is 0 Å². The Bertz CT molecular complexity index is 533. The molecule has 19 heavy (non-hydrogen) atoms. The standard InChI is InChI=1S/C12H14N4O3/c17-9-12(3-4-12)10(18)16(11(19)14-9)8-2-7-15-6-1-5-13-15/h1,5-6H,2-4,7-8H2,(H,14,17,19). The van der Waals surface area contributed by atoms with Gasteiger partial charge in [-0.15, -0.1) is 0 Å². The molecule has 1 N–H and O–H groups in total. The van der Waals surface area contributed by atoms with Gasteiger partial charge in [0.1, 0.15) is 5.41 Å². The van der Waals surface area contributed by atoms with Crippen LogP contribution < -0.4 is 5.32 Å². The number of barbiturate groups is 1. The third-order valence-corrected chi connectivity index (χ3v) is 3.63. The van der Waals surface area contributed by atoms with Crippen molar-refractivity contribution in [3.8, 4) is 0 Å². The lowest BCUT2D eigenvalue weighted by molar-refractivity contribution is -0.144. The molecule has 4 amide bonds. The molecule has 1 aromatic heterocycles. The minimum Gasteiger partial charge on any atom is -0.277 e. The van der Waals surface area contributed by atoms with Crippen LogP contribution in [0.3, 0.4) is 0 Å². The molecule has 3 rings (SSSR count). The van der Waals surface area contributed by atoms with Gasteiger partial charge in [0, 0.05) is 25.5 Å². The monoisotopic (exact) mass is 262 g/mol. The number of aromatic nitrogens is 2. The fraction of sp³-hybridized carbons (Fsp3) is 0.500. The van der Waals surface area contributed by atoms with E-state index in [1.807, 2.05) is 12.3 Å². The Balaban J connectivity index is 1.62. The number of nitrogens with zero attached hydrogens (tertiary/aromatic N) is 3. The number of hydrogen-bond donors (Lipinski definition) is 1. The summed E-state index contributed by atoms with van der Waals surface area (Å²) in [6.45, 7) is 0.935. The number of nitrogens with one attached hydrogen (secondary N) is 1. The van der Waals surface area contributed by atoms with Gasteiger partial charge in [-0.25, -0.2) is 4.79 Å². The molecule has 0 bridgehead atoms. The Morgan fingerprint density at radius 3 is 2.68 bits per heavy atom. The van der Waals surface area contributed by atoms with Gasteiger partial charge in [-0.05, 0) is 25.3 Å². The maximum absolute atomic E-state index is 12.1. The summed E-state index contributed by atoms with van der Waals surface area (Å²) in [5.41, 5.74) is -0.945.